The molecule has 1 aromatic carbocycles. The molecule has 0 aromatic heterocycles. The summed E-state index contributed by atoms with van der Waals surface area (Å²) in [6, 6.07) is 4.30. The number of thioether (sulfide) groups is 1. The SMILES string of the molecule is CCCC1CC(C)(C)c2cc(OC)c(OC)cc2S1. The summed E-state index contributed by atoms with van der Waals surface area (Å²) in [5.41, 5.74) is 1.60. The molecule has 19 heavy (non-hydrogen) atoms. The van der Waals surface area contributed by atoms with Gasteiger partial charge in [0.05, 0.1) is 14.2 Å². The normalized spacial score (nSPS) is 20.8. The predicted octanol–water partition coefficient (Wildman–Crippen LogP) is 4.65. The minimum Gasteiger partial charge on any atom is -0.493 e. The molecular weight excluding hydrogens is 256 g/mol. The van der Waals surface area contributed by atoms with Crippen molar-refractivity contribution in [3.8, 4) is 11.5 Å². The van der Waals surface area contributed by atoms with E-state index < -0.39 is 0 Å². The van der Waals surface area contributed by atoms with Crippen LogP contribution in [0, 0.1) is 0 Å². The summed E-state index contributed by atoms with van der Waals surface area (Å²) in [6.45, 7) is 6.93. The number of rotatable bonds is 4. The molecule has 0 fully saturated rings. The first-order valence-corrected chi connectivity index (χ1v) is 7.83. The van der Waals surface area contributed by atoms with Crippen molar-refractivity contribution >= 4 is 11.8 Å². The number of methoxy groups -OCH3 is 2. The van der Waals surface area contributed by atoms with E-state index in [1.54, 1.807) is 14.2 Å². The van der Waals surface area contributed by atoms with Gasteiger partial charge in [-0.1, -0.05) is 27.2 Å². The van der Waals surface area contributed by atoms with Gasteiger partial charge in [-0.15, -0.1) is 11.8 Å². The first kappa shape index (κ1) is 14.6. The van der Waals surface area contributed by atoms with Gasteiger partial charge in [0.25, 0.3) is 0 Å². The zero-order chi connectivity index (χ0) is 14.0. The smallest absolute Gasteiger partial charge is 0.161 e. The van der Waals surface area contributed by atoms with Crippen molar-refractivity contribution < 1.29 is 9.47 Å². The Morgan fingerprint density at radius 2 is 1.84 bits per heavy atom. The molecular formula is C16H24O2S. The molecule has 1 heterocycles. The molecule has 1 atom stereocenters. The van der Waals surface area contributed by atoms with Crippen molar-refractivity contribution in [1.82, 2.24) is 0 Å². The van der Waals surface area contributed by atoms with Gasteiger partial charge in [0.2, 0.25) is 0 Å². The van der Waals surface area contributed by atoms with Crippen LogP contribution >= 0.6 is 11.8 Å². The first-order valence-electron chi connectivity index (χ1n) is 6.95. The Labute approximate surface area is 120 Å². The van der Waals surface area contributed by atoms with E-state index in [4.69, 9.17) is 9.47 Å². The molecule has 1 aliphatic rings. The lowest BCUT2D eigenvalue weighted by molar-refractivity contribution is 0.349. The molecule has 2 rings (SSSR count). The lowest BCUT2D eigenvalue weighted by Crippen LogP contribution is -2.28. The van der Waals surface area contributed by atoms with E-state index >= 15 is 0 Å². The van der Waals surface area contributed by atoms with E-state index in [2.05, 4.69) is 32.9 Å². The molecule has 0 saturated carbocycles. The molecule has 0 saturated heterocycles. The summed E-state index contributed by atoms with van der Waals surface area (Å²) in [4.78, 5) is 1.35. The Hall–Kier alpha value is -0.830. The van der Waals surface area contributed by atoms with E-state index in [1.165, 1.54) is 29.7 Å². The molecule has 2 nitrogen and oxygen atoms in total. The van der Waals surface area contributed by atoms with Crippen molar-refractivity contribution in [2.45, 2.75) is 55.6 Å². The van der Waals surface area contributed by atoms with Gasteiger partial charge in [-0.25, -0.2) is 0 Å². The van der Waals surface area contributed by atoms with Crippen molar-refractivity contribution in [1.29, 1.82) is 0 Å². The number of benzene rings is 1. The number of hydrogen-bond acceptors (Lipinski definition) is 3. The molecule has 3 heteroatoms. The Bertz CT molecular complexity index is 454. The third-order valence-corrected chi connectivity index (χ3v) is 5.18. The van der Waals surface area contributed by atoms with Gasteiger partial charge in [-0.2, -0.15) is 0 Å². The van der Waals surface area contributed by atoms with Crippen molar-refractivity contribution in [3.63, 3.8) is 0 Å². The lowest BCUT2D eigenvalue weighted by atomic mass is 9.79. The summed E-state index contributed by atoms with van der Waals surface area (Å²) >= 11 is 2.00. The molecule has 0 N–H and O–H groups in total. The molecule has 0 spiro atoms. The van der Waals surface area contributed by atoms with Gasteiger partial charge in [0.1, 0.15) is 0 Å². The second-order valence-electron chi connectivity index (χ2n) is 5.82. The molecule has 0 bridgehead atoms. The fraction of sp³-hybridized carbons (Fsp3) is 0.625. The zero-order valence-corrected chi connectivity index (χ0v) is 13.4. The summed E-state index contributed by atoms with van der Waals surface area (Å²) in [5.74, 6) is 1.67. The maximum Gasteiger partial charge on any atom is 0.161 e. The van der Waals surface area contributed by atoms with Crippen LogP contribution < -0.4 is 9.47 Å². The summed E-state index contributed by atoms with van der Waals surface area (Å²) in [6.07, 6.45) is 3.76. The number of fused-ring (bicyclic) bond motifs is 1. The molecule has 1 unspecified atom stereocenters. The minimum atomic E-state index is 0.208. The topological polar surface area (TPSA) is 18.5 Å². The standard InChI is InChI=1S/C16H24O2S/c1-6-7-11-10-16(2,3)12-8-13(17-4)14(18-5)9-15(12)19-11/h8-9,11H,6-7,10H2,1-5H3. The maximum atomic E-state index is 5.44. The molecule has 0 amide bonds. The molecule has 106 valence electrons. The molecule has 1 aliphatic heterocycles. The van der Waals surface area contributed by atoms with Gasteiger partial charge in [0.15, 0.2) is 11.5 Å². The van der Waals surface area contributed by atoms with Crippen molar-refractivity contribution in [3.05, 3.63) is 17.7 Å². The number of hydrogen-bond donors (Lipinski definition) is 0. The Balaban J connectivity index is 2.44. The number of ether oxygens (including phenoxy) is 2. The maximum absolute atomic E-state index is 5.44. The highest BCUT2D eigenvalue weighted by atomic mass is 32.2. The van der Waals surface area contributed by atoms with Crippen LogP contribution in [0.4, 0.5) is 0 Å². The van der Waals surface area contributed by atoms with Crippen LogP contribution in [0.1, 0.15) is 45.6 Å². The summed E-state index contributed by atoms with van der Waals surface area (Å²) < 4.78 is 10.9. The van der Waals surface area contributed by atoms with Gasteiger partial charge < -0.3 is 9.47 Å². The van der Waals surface area contributed by atoms with E-state index in [1.807, 2.05) is 11.8 Å². The minimum absolute atomic E-state index is 0.208. The highest BCUT2D eigenvalue weighted by Crippen LogP contribution is 2.49. The van der Waals surface area contributed by atoms with Crippen LogP contribution in [0.3, 0.4) is 0 Å². The van der Waals surface area contributed by atoms with Crippen LogP contribution in [0.25, 0.3) is 0 Å². The van der Waals surface area contributed by atoms with E-state index in [0.717, 1.165) is 11.5 Å². The van der Waals surface area contributed by atoms with Crippen LogP contribution in [-0.2, 0) is 5.41 Å². The fourth-order valence-corrected chi connectivity index (χ4v) is 4.72. The molecule has 0 radical (unpaired) electrons. The van der Waals surface area contributed by atoms with E-state index in [9.17, 15) is 0 Å². The summed E-state index contributed by atoms with van der Waals surface area (Å²) in [5, 5.41) is 0.714. The second-order valence-corrected chi connectivity index (χ2v) is 7.16. The average Bonchev–Trinajstić information content (AvgIpc) is 2.37. The third-order valence-electron chi connectivity index (χ3n) is 3.86. The van der Waals surface area contributed by atoms with E-state index in [-0.39, 0.29) is 5.41 Å². The Morgan fingerprint density at radius 3 is 2.42 bits per heavy atom. The second kappa shape index (κ2) is 5.66. The van der Waals surface area contributed by atoms with Gasteiger partial charge >= 0.3 is 0 Å². The van der Waals surface area contributed by atoms with Crippen LogP contribution in [0.15, 0.2) is 17.0 Å². The largest absolute Gasteiger partial charge is 0.493 e. The zero-order valence-electron chi connectivity index (χ0n) is 12.6. The quantitative estimate of drug-likeness (QED) is 0.800. The van der Waals surface area contributed by atoms with Crippen molar-refractivity contribution in [2.24, 2.45) is 0 Å². The monoisotopic (exact) mass is 280 g/mol. The molecule has 1 aromatic rings. The molecule has 0 aliphatic carbocycles. The highest BCUT2D eigenvalue weighted by molar-refractivity contribution is 8.00. The van der Waals surface area contributed by atoms with Gasteiger partial charge in [-0.3, -0.25) is 0 Å². The highest BCUT2D eigenvalue weighted by Gasteiger charge is 2.34. The fourth-order valence-electron chi connectivity index (χ4n) is 2.87. The van der Waals surface area contributed by atoms with Crippen LogP contribution in [0.2, 0.25) is 0 Å². The summed E-state index contributed by atoms with van der Waals surface area (Å²) in [7, 11) is 3.40. The van der Waals surface area contributed by atoms with Gasteiger partial charge in [-0.05, 0) is 36.0 Å². The Kier molecular flexibility index (Phi) is 4.34. The van der Waals surface area contributed by atoms with E-state index in [0.29, 0.717) is 5.25 Å². The predicted molar refractivity (Wildman–Crippen MR) is 81.7 cm³/mol. The Morgan fingerprint density at radius 1 is 1.21 bits per heavy atom. The lowest BCUT2D eigenvalue weighted by Gasteiger charge is -2.37. The van der Waals surface area contributed by atoms with Crippen molar-refractivity contribution in [2.75, 3.05) is 14.2 Å². The average molecular weight is 280 g/mol. The first-order chi connectivity index (χ1) is 9.01. The van der Waals surface area contributed by atoms with Gasteiger partial charge in [0, 0.05) is 10.1 Å². The third kappa shape index (κ3) is 2.86. The van der Waals surface area contributed by atoms with Crippen LogP contribution in [0.5, 0.6) is 11.5 Å². The van der Waals surface area contributed by atoms with Crippen LogP contribution in [-0.4, -0.2) is 19.5 Å².